The van der Waals surface area contributed by atoms with Crippen LogP contribution in [-0.2, 0) is 25.7 Å². The van der Waals surface area contributed by atoms with Gasteiger partial charge in [0.05, 0.1) is 27.4 Å². The van der Waals surface area contributed by atoms with E-state index in [0.29, 0.717) is 19.6 Å². The van der Waals surface area contributed by atoms with Gasteiger partial charge in [-0.25, -0.2) is 0 Å². The summed E-state index contributed by atoms with van der Waals surface area (Å²) >= 11 is 0. The quantitative estimate of drug-likeness (QED) is 0.210. The Labute approximate surface area is 188 Å². The lowest BCUT2D eigenvalue weighted by molar-refractivity contribution is -0.157. The highest BCUT2D eigenvalue weighted by molar-refractivity contribution is 6.83. The third-order valence-electron chi connectivity index (χ3n) is 5.55. The van der Waals surface area contributed by atoms with Gasteiger partial charge in [0.1, 0.15) is 25.0 Å². The van der Waals surface area contributed by atoms with Gasteiger partial charge in [0, 0.05) is 18.3 Å². The van der Waals surface area contributed by atoms with Gasteiger partial charge in [0.2, 0.25) is 0 Å². The van der Waals surface area contributed by atoms with E-state index in [0.717, 1.165) is 11.3 Å². The topological polar surface area (TPSA) is 61.8 Å². The molecule has 0 N–H and O–H groups in total. The molecular formula is C25H38O5Si. The lowest BCUT2D eigenvalue weighted by atomic mass is 9.77. The summed E-state index contributed by atoms with van der Waals surface area (Å²) in [6.07, 6.45) is 0.622. The van der Waals surface area contributed by atoms with Gasteiger partial charge >= 0.3 is 5.97 Å². The van der Waals surface area contributed by atoms with Crippen molar-refractivity contribution in [2.24, 2.45) is 17.3 Å². The highest BCUT2D eigenvalue weighted by Gasteiger charge is 2.41. The van der Waals surface area contributed by atoms with E-state index in [2.05, 4.69) is 31.1 Å². The number of hydrogen-bond acceptors (Lipinski definition) is 5. The van der Waals surface area contributed by atoms with Crippen LogP contribution < -0.4 is 4.74 Å². The van der Waals surface area contributed by atoms with E-state index in [9.17, 15) is 9.59 Å². The van der Waals surface area contributed by atoms with Crippen molar-refractivity contribution in [1.29, 1.82) is 0 Å². The summed E-state index contributed by atoms with van der Waals surface area (Å²) in [5, 5.41) is 0. The molecular weight excluding hydrogens is 408 g/mol. The summed E-state index contributed by atoms with van der Waals surface area (Å²) in [7, 11) is 1.41. The summed E-state index contributed by atoms with van der Waals surface area (Å²) in [4.78, 5) is 25.4. The summed E-state index contributed by atoms with van der Waals surface area (Å²) in [5.41, 5.74) is 3.28. The Hall–Kier alpha value is -2.10. The Kier molecular flexibility index (Phi) is 10.5. The zero-order chi connectivity index (χ0) is 23.7. The summed E-state index contributed by atoms with van der Waals surface area (Å²) < 4.78 is 16.1. The van der Waals surface area contributed by atoms with Crippen molar-refractivity contribution < 1.29 is 23.8 Å². The maximum atomic E-state index is 13.1. The van der Waals surface area contributed by atoms with Crippen LogP contribution in [0, 0.1) is 28.7 Å². The van der Waals surface area contributed by atoms with Crippen molar-refractivity contribution >= 4 is 19.8 Å². The molecule has 0 fully saturated rings. The molecule has 0 saturated heterocycles. The molecule has 0 bridgehead atoms. The average Bonchev–Trinajstić information content (AvgIpc) is 2.75. The number of Topliss-reactive ketones (excluding diaryl/α,β-unsaturated/α-hetero) is 1. The van der Waals surface area contributed by atoms with Crippen molar-refractivity contribution in [3.05, 3.63) is 29.8 Å². The fraction of sp³-hybridized carbons (Fsp3) is 0.600. The lowest BCUT2D eigenvalue weighted by Gasteiger charge is -2.27. The van der Waals surface area contributed by atoms with E-state index in [4.69, 9.17) is 14.2 Å². The largest absolute Gasteiger partial charge is 0.497 e. The van der Waals surface area contributed by atoms with E-state index < -0.39 is 19.5 Å². The van der Waals surface area contributed by atoms with E-state index >= 15 is 0 Å². The molecule has 0 aliphatic rings. The highest BCUT2D eigenvalue weighted by Crippen LogP contribution is 2.30. The van der Waals surface area contributed by atoms with Crippen LogP contribution in [0.3, 0.4) is 0 Å². The van der Waals surface area contributed by atoms with Gasteiger partial charge in [-0.05, 0) is 31.0 Å². The smallest absolute Gasteiger partial charge is 0.319 e. The first-order chi connectivity index (χ1) is 14.5. The second kappa shape index (κ2) is 12.1. The van der Waals surface area contributed by atoms with Crippen molar-refractivity contribution in [2.75, 3.05) is 20.8 Å². The number of rotatable bonds is 11. The Balaban J connectivity index is 2.95. The highest BCUT2D eigenvalue weighted by atomic mass is 28.3. The van der Waals surface area contributed by atoms with Gasteiger partial charge in [0.25, 0.3) is 0 Å². The molecule has 0 aliphatic carbocycles. The molecule has 0 radical (unpaired) electrons. The van der Waals surface area contributed by atoms with Crippen LogP contribution >= 0.6 is 0 Å². The summed E-state index contributed by atoms with van der Waals surface area (Å²) in [5.74, 6) is 3.41. The Morgan fingerprint density at radius 1 is 1.13 bits per heavy atom. The number of ether oxygens (including phenoxy) is 3. The van der Waals surface area contributed by atoms with Crippen molar-refractivity contribution in [3.8, 4) is 17.2 Å². The number of hydrogen-bond donors (Lipinski definition) is 0. The lowest BCUT2D eigenvalue weighted by Crippen LogP contribution is -2.39. The van der Waals surface area contributed by atoms with E-state index in [1.165, 1.54) is 7.11 Å². The van der Waals surface area contributed by atoms with Crippen LogP contribution in [0.5, 0.6) is 5.75 Å². The molecule has 0 aliphatic heterocycles. The number of carbonyl (C=O) groups is 2. The van der Waals surface area contributed by atoms with Crippen molar-refractivity contribution in [3.63, 3.8) is 0 Å². The minimum Gasteiger partial charge on any atom is -0.497 e. The second-order valence-electron chi connectivity index (χ2n) is 9.24. The molecule has 1 aromatic rings. The molecule has 6 heteroatoms. The minimum atomic E-state index is -1.54. The Bertz CT molecular complexity index is 785. The van der Waals surface area contributed by atoms with Gasteiger partial charge in [0.15, 0.2) is 0 Å². The SMILES string of the molecule is CC[C@@](C)(C(=O)CC(COCc1ccc(OC)cc1)C(C)C#C[Si](C)(C)C)C(=O)OC. The zero-order valence-electron chi connectivity index (χ0n) is 20.3. The third-order valence-corrected chi connectivity index (χ3v) is 6.44. The molecule has 5 nitrogen and oxygen atoms in total. The molecule has 31 heavy (non-hydrogen) atoms. The number of carbonyl (C=O) groups excluding carboxylic acids is 2. The Morgan fingerprint density at radius 3 is 2.23 bits per heavy atom. The fourth-order valence-electron chi connectivity index (χ4n) is 3.02. The fourth-order valence-corrected chi connectivity index (χ4v) is 3.68. The van der Waals surface area contributed by atoms with Crippen LogP contribution in [-0.4, -0.2) is 40.7 Å². The molecule has 1 aromatic carbocycles. The standard InChI is InChI=1S/C25H38O5Si/c1-9-25(3,24(27)29-5)23(26)16-21(19(2)14-15-31(6,7)8)18-30-17-20-10-12-22(28-4)13-11-20/h10-13,19,21H,9,16-18H2,1-8H3/t19?,21?,25-/m0/s1. The molecule has 3 atom stereocenters. The first kappa shape index (κ1) is 26.9. The van der Waals surface area contributed by atoms with Crippen molar-refractivity contribution in [2.45, 2.75) is 59.9 Å². The van der Waals surface area contributed by atoms with Gasteiger partial charge in [-0.2, -0.15) is 0 Å². The van der Waals surface area contributed by atoms with Gasteiger partial charge in [-0.15, -0.1) is 11.5 Å². The number of esters is 1. The number of ketones is 1. The van der Waals surface area contributed by atoms with Crippen LogP contribution in [0.1, 0.15) is 39.2 Å². The first-order valence-corrected chi connectivity index (χ1v) is 14.3. The number of benzene rings is 1. The van der Waals surface area contributed by atoms with E-state index in [1.807, 2.05) is 38.1 Å². The molecule has 1 rings (SSSR count). The van der Waals surface area contributed by atoms with E-state index in [-0.39, 0.29) is 24.0 Å². The maximum Gasteiger partial charge on any atom is 0.319 e. The third kappa shape index (κ3) is 8.51. The number of methoxy groups -OCH3 is 2. The molecule has 172 valence electrons. The predicted molar refractivity (Wildman–Crippen MR) is 126 cm³/mol. The second-order valence-corrected chi connectivity index (χ2v) is 14.0. The van der Waals surface area contributed by atoms with Gasteiger partial charge in [-0.1, -0.05) is 45.6 Å². The van der Waals surface area contributed by atoms with Crippen LogP contribution in [0.4, 0.5) is 0 Å². The monoisotopic (exact) mass is 446 g/mol. The predicted octanol–water partition coefficient (Wildman–Crippen LogP) is 4.89. The molecule has 0 saturated carbocycles. The molecule has 0 heterocycles. The van der Waals surface area contributed by atoms with Gasteiger partial charge < -0.3 is 14.2 Å². The molecule has 0 amide bonds. The average molecular weight is 447 g/mol. The zero-order valence-corrected chi connectivity index (χ0v) is 21.3. The van der Waals surface area contributed by atoms with Crippen LogP contribution in [0.2, 0.25) is 19.6 Å². The molecule has 2 unspecified atom stereocenters. The van der Waals surface area contributed by atoms with Crippen molar-refractivity contribution in [1.82, 2.24) is 0 Å². The van der Waals surface area contributed by atoms with Crippen LogP contribution in [0.15, 0.2) is 24.3 Å². The maximum absolute atomic E-state index is 13.1. The van der Waals surface area contributed by atoms with Gasteiger partial charge in [-0.3, -0.25) is 9.59 Å². The molecule has 0 spiro atoms. The summed E-state index contributed by atoms with van der Waals surface area (Å²) in [6, 6.07) is 7.70. The Morgan fingerprint density at radius 2 is 1.74 bits per heavy atom. The normalized spacial score (nSPS) is 15.1. The summed E-state index contributed by atoms with van der Waals surface area (Å²) in [6.45, 7) is 12.9. The van der Waals surface area contributed by atoms with E-state index in [1.54, 1.807) is 14.0 Å². The minimum absolute atomic E-state index is 0.0229. The molecule has 0 aromatic heterocycles. The van der Waals surface area contributed by atoms with Crippen LogP contribution in [0.25, 0.3) is 0 Å². The first-order valence-electron chi connectivity index (χ1n) is 10.8.